The molecular weight excluding hydrogens is 343 g/mol. The third-order valence-electron chi connectivity index (χ3n) is 2.90. The Hall–Kier alpha value is -1.77. The van der Waals surface area contributed by atoms with Crippen LogP contribution in [0.4, 0.5) is 4.39 Å². The van der Waals surface area contributed by atoms with E-state index in [9.17, 15) is 12.8 Å². The first-order valence-electron chi connectivity index (χ1n) is 6.25. The van der Waals surface area contributed by atoms with Gasteiger partial charge in [-0.15, -0.1) is 22.3 Å². The monoisotopic (exact) mass is 354 g/mol. The van der Waals surface area contributed by atoms with E-state index >= 15 is 0 Å². The summed E-state index contributed by atoms with van der Waals surface area (Å²) in [4.78, 5) is 0.300. The van der Waals surface area contributed by atoms with Crippen molar-refractivity contribution in [3.8, 4) is 0 Å². The molecule has 22 heavy (non-hydrogen) atoms. The molecule has 0 bridgehead atoms. The van der Waals surface area contributed by atoms with Crippen molar-refractivity contribution < 1.29 is 12.8 Å². The van der Waals surface area contributed by atoms with Gasteiger partial charge in [-0.2, -0.15) is 8.42 Å². The van der Waals surface area contributed by atoms with Gasteiger partial charge in [-0.3, -0.25) is 0 Å². The van der Waals surface area contributed by atoms with E-state index in [1.54, 1.807) is 28.2 Å². The summed E-state index contributed by atoms with van der Waals surface area (Å²) in [5, 5.41) is 1.68. The number of hydrogen-bond donors (Lipinski definition) is 0. The standard InChI is InChI=1S/C14H11FN2O2S3/c1-2-7-17-11-6-5-10(15)9-12(11)21-14(17)16-22(18,19)13-4-3-8-20-13/h2-6,8-9H,1,7H2. The Labute approximate surface area is 134 Å². The van der Waals surface area contributed by atoms with E-state index in [2.05, 4.69) is 11.0 Å². The third kappa shape index (κ3) is 2.77. The molecule has 3 rings (SSSR count). The smallest absolute Gasteiger partial charge is 0.294 e. The zero-order chi connectivity index (χ0) is 15.7. The number of halogens is 1. The molecule has 0 aliphatic heterocycles. The SMILES string of the molecule is C=CCn1c(=NS(=O)(=O)c2cccs2)sc2cc(F)ccc21. The molecule has 0 saturated heterocycles. The maximum Gasteiger partial charge on any atom is 0.294 e. The highest BCUT2D eigenvalue weighted by atomic mass is 32.2. The Morgan fingerprint density at radius 1 is 1.36 bits per heavy atom. The minimum Gasteiger partial charge on any atom is -0.312 e. The van der Waals surface area contributed by atoms with Crippen molar-refractivity contribution in [3.63, 3.8) is 0 Å². The van der Waals surface area contributed by atoms with Crippen LogP contribution in [0.1, 0.15) is 0 Å². The fraction of sp³-hybridized carbons (Fsp3) is 0.0714. The molecule has 8 heteroatoms. The third-order valence-corrected chi connectivity index (χ3v) is 6.70. The van der Waals surface area contributed by atoms with Gasteiger partial charge in [-0.05, 0) is 29.6 Å². The predicted molar refractivity (Wildman–Crippen MR) is 87.0 cm³/mol. The molecule has 0 saturated carbocycles. The van der Waals surface area contributed by atoms with Crippen LogP contribution in [0.15, 0.2) is 57.0 Å². The van der Waals surface area contributed by atoms with Gasteiger partial charge in [0, 0.05) is 6.54 Å². The average Bonchev–Trinajstić information content (AvgIpc) is 3.08. The summed E-state index contributed by atoms with van der Waals surface area (Å²) in [6, 6.07) is 7.49. The van der Waals surface area contributed by atoms with Gasteiger partial charge < -0.3 is 4.57 Å². The summed E-state index contributed by atoms with van der Waals surface area (Å²) >= 11 is 2.25. The van der Waals surface area contributed by atoms with Crippen LogP contribution in [0.5, 0.6) is 0 Å². The second-order valence-corrected chi connectivity index (χ2v) is 8.18. The number of sulfonamides is 1. The quantitative estimate of drug-likeness (QED) is 0.675. The Bertz CT molecular complexity index is 999. The van der Waals surface area contributed by atoms with Crippen molar-refractivity contribution in [2.45, 2.75) is 10.8 Å². The van der Waals surface area contributed by atoms with Gasteiger partial charge in [0.05, 0.1) is 10.2 Å². The highest BCUT2D eigenvalue weighted by Crippen LogP contribution is 2.21. The number of rotatable bonds is 4. The van der Waals surface area contributed by atoms with Gasteiger partial charge in [-0.25, -0.2) is 4.39 Å². The van der Waals surface area contributed by atoms with Crippen LogP contribution < -0.4 is 4.80 Å². The second-order valence-electron chi connectivity index (χ2n) is 4.39. The lowest BCUT2D eigenvalue weighted by Gasteiger charge is -2.00. The lowest BCUT2D eigenvalue weighted by molar-refractivity contribution is 0.598. The first kappa shape index (κ1) is 15.1. The zero-order valence-corrected chi connectivity index (χ0v) is 13.7. The van der Waals surface area contributed by atoms with Gasteiger partial charge in [0.2, 0.25) is 4.80 Å². The molecule has 0 N–H and O–H groups in total. The van der Waals surface area contributed by atoms with E-state index < -0.39 is 10.0 Å². The second kappa shape index (κ2) is 5.79. The maximum atomic E-state index is 13.4. The van der Waals surface area contributed by atoms with Crippen molar-refractivity contribution >= 4 is 42.9 Å². The van der Waals surface area contributed by atoms with Gasteiger partial charge in [-0.1, -0.05) is 23.5 Å². The topological polar surface area (TPSA) is 51.4 Å². The molecule has 4 nitrogen and oxygen atoms in total. The van der Waals surface area contributed by atoms with E-state index in [0.717, 1.165) is 28.2 Å². The molecule has 0 atom stereocenters. The van der Waals surface area contributed by atoms with E-state index in [-0.39, 0.29) is 10.0 Å². The molecule has 0 spiro atoms. The first-order chi connectivity index (χ1) is 10.5. The number of hydrogen-bond acceptors (Lipinski definition) is 4. The van der Waals surface area contributed by atoms with E-state index in [1.807, 2.05) is 0 Å². The van der Waals surface area contributed by atoms with Crippen molar-refractivity contribution in [2.75, 3.05) is 0 Å². The fourth-order valence-electron chi connectivity index (χ4n) is 1.98. The van der Waals surface area contributed by atoms with Crippen LogP contribution >= 0.6 is 22.7 Å². The molecule has 0 amide bonds. The number of thiazole rings is 1. The van der Waals surface area contributed by atoms with Gasteiger partial charge in [0.15, 0.2) is 0 Å². The molecule has 0 aliphatic rings. The fourth-order valence-corrected chi connectivity index (χ4v) is 5.22. The summed E-state index contributed by atoms with van der Waals surface area (Å²) in [5.41, 5.74) is 0.728. The first-order valence-corrected chi connectivity index (χ1v) is 9.39. The summed E-state index contributed by atoms with van der Waals surface area (Å²) in [6.45, 7) is 4.06. The Morgan fingerprint density at radius 2 is 2.18 bits per heavy atom. The summed E-state index contributed by atoms with van der Waals surface area (Å²) < 4.78 is 44.4. The van der Waals surface area contributed by atoms with Crippen molar-refractivity contribution in [1.29, 1.82) is 0 Å². The van der Waals surface area contributed by atoms with Crippen molar-refractivity contribution in [2.24, 2.45) is 4.40 Å². The number of benzene rings is 1. The van der Waals surface area contributed by atoms with Crippen molar-refractivity contribution in [1.82, 2.24) is 4.57 Å². The van der Waals surface area contributed by atoms with Gasteiger partial charge >= 0.3 is 0 Å². The normalized spacial score (nSPS) is 12.9. The maximum absolute atomic E-state index is 13.4. The van der Waals surface area contributed by atoms with Crippen LogP contribution in [-0.2, 0) is 16.6 Å². The van der Waals surface area contributed by atoms with Gasteiger partial charge in [0.25, 0.3) is 10.0 Å². The van der Waals surface area contributed by atoms with Crippen LogP contribution in [0.2, 0.25) is 0 Å². The summed E-state index contributed by atoms with van der Waals surface area (Å²) in [6.07, 6.45) is 1.65. The molecule has 2 heterocycles. The van der Waals surface area contributed by atoms with Crippen LogP contribution in [0.3, 0.4) is 0 Å². The van der Waals surface area contributed by atoms with E-state index in [1.165, 1.54) is 18.2 Å². The lowest BCUT2D eigenvalue weighted by atomic mass is 10.3. The lowest BCUT2D eigenvalue weighted by Crippen LogP contribution is -2.16. The summed E-state index contributed by atoms with van der Waals surface area (Å²) in [7, 11) is -3.76. The highest BCUT2D eigenvalue weighted by Gasteiger charge is 2.15. The Balaban J connectivity index is 2.28. The van der Waals surface area contributed by atoms with Crippen molar-refractivity contribution in [3.05, 3.63) is 59.0 Å². The molecule has 0 fully saturated rings. The zero-order valence-electron chi connectivity index (χ0n) is 11.3. The molecular formula is C14H11FN2O2S3. The molecule has 1 aromatic carbocycles. The average molecular weight is 354 g/mol. The molecule has 3 aromatic rings. The van der Waals surface area contributed by atoms with Gasteiger partial charge in [0.1, 0.15) is 10.0 Å². The van der Waals surface area contributed by atoms with E-state index in [0.29, 0.717) is 16.0 Å². The highest BCUT2D eigenvalue weighted by molar-refractivity contribution is 7.92. The minimum absolute atomic E-state index is 0.182. The van der Waals surface area contributed by atoms with E-state index in [4.69, 9.17) is 0 Å². The number of thiophene rings is 1. The van der Waals surface area contributed by atoms with Crippen LogP contribution in [0, 0.1) is 5.82 Å². The minimum atomic E-state index is -3.76. The number of fused-ring (bicyclic) bond motifs is 1. The van der Waals surface area contributed by atoms with Crippen LogP contribution in [0.25, 0.3) is 10.2 Å². The predicted octanol–water partition coefficient (Wildman–Crippen LogP) is 3.38. The number of allylic oxidation sites excluding steroid dienone is 1. The number of nitrogens with zero attached hydrogens (tertiary/aromatic N) is 2. The van der Waals surface area contributed by atoms with Crippen LogP contribution in [-0.4, -0.2) is 13.0 Å². The Morgan fingerprint density at radius 3 is 2.86 bits per heavy atom. The molecule has 0 aliphatic carbocycles. The Kier molecular flexibility index (Phi) is 3.98. The summed E-state index contributed by atoms with van der Waals surface area (Å²) in [5.74, 6) is -0.368. The molecule has 114 valence electrons. The molecule has 2 aromatic heterocycles. The molecule has 0 unspecified atom stereocenters. The largest absolute Gasteiger partial charge is 0.312 e. The molecule has 0 radical (unpaired) electrons. The number of aromatic nitrogens is 1.